The van der Waals surface area contributed by atoms with Gasteiger partial charge in [-0.25, -0.2) is 18.5 Å². The molecule has 1 saturated heterocycles. The second-order valence-electron chi connectivity index (χ2n) is 6.46. The summed E-state index contributed by atoms with van der Waals surface area (Å²) in [6.07, 6.45) is -5.63. The largest absolute Gasteiger partial charge is 0.490 e. The predicted octanol–water partition coefficient (Wildman–Crippen LogP) is -0.472. The van der Waals surface area contributed by atoms with Crippen molar-refractivity contribution in [1.82, 2.24) is 9.55 Å². The third-order valence-electron chi connectivity index (χ3n) is 3.99. The molecule has 1 aliphatic heterocycles. The number of hydrogen-bond donors (Lipinski definition) is 6. The minimum absolute atomic E-state index is 0.742. The van der Waals surface area contributed by atoms with Crippen LogP contribution in [0.15, 0.2) is 21.9 Å². The molecule has 4 unspecified atom stereocenters. The van der Waals surface area contributed by atoms with Crippen LogP contribution < -0.4 is 11.2 Å². The zero-order valence-electron chi connectivity index (χ0n) is 16.5. The van der Waals surface area contributed by atoms with Crippen molar-refractivity contribution in [3.63, 3.8) is 0 Å². The number of phosphoric acid groups is 3. The SMILES string of the molecule is CC#CC1(Cl)[C@@H](O)C([C@@H](C)OP(=O)(O)OP(=O)(O)OP(=O)(O)O)O[C@H]1n1ccc(=O)[nH]c1=O. The van der Waals surface area contributed by atoms with Gasteiger partial charge < -0.3 is 29.4 Å². The van der Waals surface area contributed by atoms with Gasteiger partial charge in [0.2, 0.25) is 0 Å². The lowest BCUT2D eigenvalue weighted by atomic mass is 9.96. The van der Waals surface area contributed by atoms with Crippen LogP contribution in [0.25, 0.3) is 0 Å². The van der Waals surface area contributed by atoms with Gasteiger partial charge in [0.1, 0.15) is 12.2 Å². The van der Waals surface area contributed by atoms with Crippen LogP contribution in [0.5, 0.6) is 0 Å². The summed E-state index contributed by atoms with van der Waals surface area (Å²) in [7, 11) is -16.9. The number of alkyl halides is 1. The van der Waals surface area contributed by atoms with Crippen LogP contribution in [0.2, 0.25) is 0 Å². The van der Waals surface area contributed by atoms with Crippen molar-refractivity contribution in [2.24, 2.45) is 0 Å². The summed E-state index contributed by atoms with van der Waals surface area (Å²) in [5, 5.41) is 10.7. The van der Waals surface area contributed by atoms with E-state index in [4.69, 9.17) is 26.1 Å². The topological polar surface area (TPSA) is 244 Å². The smallest absolute Gasteiger partial charge is 0.387 e. The summed E-state index contributed by atoms with van der Waals surface area (Å²) in [6.45, 7) is 2.40. The highest BCUT2D eigenvalue weighted by molar-refractivity contribution is 7.66. The Kier molecular flexibility index (Phi) is 8.39. The molecule has 33 heavy (non-hydrogen) atoms. The fourth-order valence-electron chi connectivity index (χ4n) is 2.85. The van der Waals surface area contributed by atoms with E-state index in [0.717, 1.165) is 23.8 Å². The van der Waals surface area contributed by atoms with Gasteiger partial charge in [-0.2, -0.15) is 8.62 Å². The van der Waals surface area contributed by atoms with Crippen LogP contribution in [-0.4, -0.2) is 57.4 Å². The average Bonchev–Trinajstić information content (AvgIpc) is 2.83. The van der Waals surface area contributed by atoms with Crippen molar-refractivity contribution in [3.8, 4) is 11.8 Å². The highest BCUT2D eigenvalue weighted by atomic mass is 35.5. The van der Waals surface area contributed by atoms with Gasteiger partial charge in [-0.05, 0) is 13.8 Å². The number of halogens is 1. The highest BCUT2D eigenvalue weighted by Crippen LogP contribution is 2.66. The summed E-state index contributed by atoms with van der Waals surface area (Å²) in [5.41, 5.74) is -1.72. The van der Waals surface area contributed by atoms with Crippen LogP contribution in [0.4, 0.5) is 0 Å². The fourth-order valence-corrected chi connectivity index (χ4v) is 6.43. The second-order valence-corrected chi connectivity index (χ2v) is 11.5. The number of aliphatic hydroxyl groups is 1. The lowest BCUT2D eigenvalue weighted by Gasteiger charge is -2.26. The standard InChI is InChI=1S/C13H18ClN2O14P3/c1-3-5-13(14)10(18)9(27-11(13)16-6-4-8(17)15-12(16)19)7(2)28-32(23,24)30-33(25,26)29-31(20,21)22/h4,6-7,9-11,18H,1-2H3,(H,23,24)(H,25,26)(H,15,17,19)(H2,20,21,22)/t7-,9?,10+,11-,13?/m1/s1. The lowest BCUT2D eigenvalue weighted by Crippen LogP contribution is -2.45. The minimum atomic E-state index is -5.78. The van der Waals surface area contributed by atoms with E-state index in [0.29, 0.717) is 0 Å². The molecular weight excluding hydrogens is 537 g/mol. The average molecular weight is 555 g/mol. The molecule has 1 aliphatic rings. The van der Waals surface area contributed by atoms with Crippen molar-refractivity contribution < 1.29 is 56.3 Å². The molecule has 0 radical (unpaired) electrons. The first-order valence-corrected chi connectivity index (χ1v) is 13.4. The molecular formula is C13H18ClN2O14P3. The van der Waals surface area contributed by atoms with E-state index in [-0.39, 0.29) is 0 Å². The summed E-state index contributed by atoms with van der Waals surface area (Å²) in [5.74, 6) is 4.88. The van der Waals surface area contributed by atoms with Gasteiger partial charge in [0, 0.05) is 12.3 Å². The van der Waals surface area contributed by atoms with Gasteiger partial charge in [0.15, 0.2) is 11.1 Å². The van der Waals surface area contributed by atoms with E-state index in [1.165, 1.54) is 6.92 Å². The monoisotopic (exact) mass is 554 g/mol. The molecule has 186 valence electrons. The molecule has 1 aromatic heterocycles. The molecule has 20 heteroatoms. The first-order valence-electron chi connectivity index (χ1n) is 8.51. The number of aliphatic hydroxyl groups excluding tert-OH is 1. The number of hydrogen-bond acceptors (Lipinski definition) is 10. The maximum atomic E-state index is 12.2. The second kappa shape index (κ2) is 9.85. The normalized spacial score (nSPS) is 30.0. The quantitative estimate of drug-likeness (QED) is 0.135. The van der Waals surface area contributed by atoms with Crippen molar-refractivity contribution in [3.05, 3.63) is 33.1 Å². The van der Waals surface area contributed by atoms with E-state index in [1.54, 1.807) is 0 Å². The Bertz CT molecular complexity index is 1210. The third-order valence-corrected chi connectivity index (χ3v) is 8.42. The van der Waals surface area contributed by atoms with E-state index in [1.807, 2.05) is 4.98 Å². The number of phosphoric ester groups is 1. The Morgan fingerprint density at radius 1 is 1.21 bits per heavy atom. The molecule has 1 aromatic rings. The summed E-state index contributed by atoms with van der Waals surface area (Å²) in [4.78, 5) is 59.5. The van der Waals surface area contributed by atoms with Crippen molar-refractivity contribution in [2.75, 3.05) is 0 Å². The number of aromatic amines is 1. The van der Waals surface area contributed by atoms with E-state index in [9.17, 15) is 38.2 Å². The molecule has 0 saturated carbocycles. The van der Waals surface area contributed by atoms with E-state index >= 15 is 0 Å². The van der Waals surface area contributed by atoms with Crippen LogP contribution in [0.3, 0.4) is 0 Å². The van der Waals surface area contributed by atoms with Crippen LogP contribution in [0.1, 0.15) is 20.1 Å². The number of nitrogens with zero attached hydrogens (tertiary/aromatic N) is 1. The third kappa shape index (κ3) is 6.94. The molecule has 6 N–H and O–H groups in total. The Morgan fingerprint density at radius 2 is 1.82 bits per heavy atom. The maximum absolute atomic E-state index is 12.2. The summed E-state index contributed by atoms with van der Waals surface area (Å²) < 4.78 is 52.4. The van der Waals surface area contributed by atoms with Crippen LogP contribution in [-0.2, 0) is 31.6 Å². The number of aromatic nitrogens is 2. The fraction of sp³-hybridized carbons (Fsp3) is 0.538. The van der Waals surface area contributed by atoms with Gasteiger partial charge in [0.05, 0.1) is 6.10 Å². The Hall–Kier alpha value is -1.14. The van der Waals surface area contributed by atoms with E-state index < -0.39 is 64.1 Å². The zero-order chi connectivity index (χ0) is 25.4. The lowest BCUT2D eigenvalue weighted by molar-refractivity contribution is -0.0749. The number of rotatable bonds is 8. The summed E-state index contributed by atoms with van der Waals surface area (Å²) >= 11 is 6.41. The minimum Gasteiger partial charge on any atom is -0.387 e. The molecule has 0 spiro atoms. The van der Waals surface area contributed by atoms with Gasteiger partial charge in [-0.1, -0.05) is 17.5 Å². The zero-order valence-corrected chi connectivity index (χ0v) is 20.0. The number of nitrogens with one attached hydrogen (secondary N) is 1. The number of H-pyrrole nitrogens is 1. The molecule has 7 atom stereocenters. The van der Waals surface area contributed by atoms with Gasteiger partial charge >= 0.3 is 29.2 Å². The maximum Gasteiger partial charge on any atom is 0.490 e. The van der Waals surface area contributed by atoms with Crippen molar-refractivity contribution in [2.45, 2.75) is 43.3 Å². The Balaban J connectivity index is 2.32. The Labute approximate surface area is 189 Å². The van der Waals surface area contributed by atoms with Crippen LogP contribution in [0, 0.1) is 11.8 Å². The van der Waals surface area contributed by atoms with Gasteiger partial charge in [-0.15, -0.1) is 5.92 Å². The molecule has 0 aromatic carbocycles. The summed E-state index contributed by atoms with van der Waals surface area (Å²) in [6, 6.07) is 0.955. The van der Waals surface area contributed by atoms with Gasteiger partial charge in [0.25, 0.3) is 5.56 Å². The molecule has 2 heterocycles. The van der Waals surface area contributed by atoms with Crippen molar-refractivity contribution in [1.29, 1.82) is 0 Å². The first kappa shape index (κ1) is 28.1. The number of ether oxygens (including phenoxy) is 1. The first-order chi connectivity index (χ1) is 14.9. The molecule has 0 amide bonds. The Morgan fingerprint density at radius 3 is 2.33 bits per heavy atom. The molecule has 0 aliphatic carbocycles. The van der Waals surface area contributed by atoms with Gasteiger partial charge in [-0.3, -0.25) is 18.9 Å². The van der Waals surface area contributed by atoms with Crippen LogP contribution >= 0.6 is 35.1 Å². The van der Waals surface area contributed by atoms with Crippen molar-refractivity contribution >= 4 is 35.1 Å². The molecule has 1 fully saturated rings. The predicted molar refractivity (Wildman–Crippen MR) is 108 cm³/mol. The highest BCUT2D eigenvalue weighted by Gasteiger charge is 2.58. The molecule has 16 nitrogen and oxygen atoms in total. The van der Waals surface area contributed by atoms with E-state index in [2.05, 4.69) is 25.0 Å². The molecule has 0 bridgehead atoms. The molecule has 2 rings (SSSR count).